The van der Waals surface area contributed by atoms with Crippen molar-refractivity contribution in [3.63, 3.8) is 0 Å². The first-order chi connectivity index (χ1) is 5.22. The van der Waals surface area contributed by atoms with E-state index in [-0.39, 0.29) is 0 Å². The van der Waals surface area contributed by atoms with Crippen LogP contribution >= 0.6 is 12.2 Å². The molecule has 1 aromatic heterocycles. The zero-order valence-electron chi connectivity index (χ0n) is 6.06. The van der Waals surface area contributed by atoms with Crippen LogP contribution < -0.4 is 21.7 Å². The van der Waals surface area contributed by atoms with Gasteiger partial charge in [-0.25, -0.2) is 16.3 Å². The summed E-state index contributed by atoms with van der Waals surface area (Å²) >= 11 is 4.77. The first kappa shape index (κ1) is 7.96. The van der Waals surface area contributed by atoms with E-state index in [0.717, 1.165) is 11.5 Å². The number of hydrogen-bond donors (Lipinski definition) is 4. The highest BCUT2D eigenvalue weighted by Gasteiger charge is 2.05. The highest BCUT2D eigenvalue weighted by Crippen LogP contribution is 1.97. The van der Waals surface area contributed by atoms with Gasteiger partial charge >= 0.3 is 0 Å². The molecule has 1 rings (SSSR count). The molecule has 0 saturated heterocycles. The van der Waals surface area contributed by atoms with Crippen LogP contribution in [0.1, 0.15) is 5.69 Å². The molecule has 0 atom stereocenters. The van der Waals surface area contributed by atoms with Crippen LogP contribution in [0.2, 0.25) is 0 Å². The smallest absolute Gasteiger partial charge is 0.281 e. The number of anilines is 1. The predicted molar refractivity (Wildman–Crippen MR) is 45.6 cm³/mol. The molecule has 0 spiro atoms. The van der Waals surface area contributed by atoms with Gasteiger partial charge in [0, 0.05) is 0 Å². The lowest BCUT2D eigenvalue weighted by Crippen LogP contribution is -2.35. The second-order valence-corrected chi connectivity index (χ2v) is 2.50. The van der Waals surface area contributed by atoms with Crippen molar-refractivity contribution >= 4 is 23.1 Å². The zero-order valence-corrected chi connectivity index (χ0v) is 6.88. The summed E-state index contributed by atoms with van der Waals surface area (Å²) in [5.41, 5.74) is 3.33. The Morgan fingerprint density at radius 2 is 2.55 bits per heavy atom. The summed E-state index contributed by atoms with van der Waals surface area (Å²) in [6, 6.07) is 1.88. The summed E-state index contributed by atoms with van der Waals surface area (Å²) in [5.74, 6) is 5.83. The molecule has 0 aromatic carbocycles. The topological polar surface area (TPSA) is 80.0 Å². The van der Waals surface area contributed by atoms with E-state index < -0.39 is 0 Å². The van der Waals surface area contributed by atoms with E-state index in [9.17, 15) is 0 Å². The summed E-state index contributed by atoms with van der Waals surface area (Å²) in [5, 5.41) is 8.93. The van der Waals surface area contributed by atoms with Crippen molar-refractivity contribution in [3.05, 3.63) is 11.8 Å². The molecule has 0 bridgehead atoms. The molecule has 0 saturated carbocycles. The Kier molecular flexibility index (Phi) is 2.40. The summed E-state index contributed by atoms with van der Waals surface area (Å²) in [6.07, 6.45) is 0. The van der Waals surface area contributed by atoms with E-state index in [1.165, 1.54) is 0 Å². The lowest BCUT2D eigenvalue weighted by molar-refractivity contribution is -0.434. The Balaban J connectivity index is 2.57. The van der Waals surface area contributed by atoms with Crippen LogP contribution in [0.5, 0.6) is 0 Å². The van der Waals surface area contributed by atoms with Crippen molar-refractivity contribution in [3.8, 4) is 0 Å². The fraction of sp³-hybridized carbons (Fsp3) is 0.200. The third-order valence-electron chi connectivity index (χ3n) is 1.13. The van der Waals surface area contributed by atoms with Crippen molar-refractivity contribution in [2.24, 2.45) is 5.84 Å². The molecule has 60 valence electrons. The number of hydrazine groups is 1. The second kappa shape index (κ2) is 3.31. The highest BCUT2D eigenvalue weighted by atomic mass is 32.1. The number of nitrogens with two attached hydrogens (primary N) is 1. The van der Waals surface area contributed by atoms with Crippen LogP contribution in [0.3, 0.4) is 0 Å². The molecule has 1 heterocycles. The highest BCUT2D eigenvalue weighted by molar-refractivity contribution is 7.80. The van der Waals surface area contributed by atoms with E-state index in [1.807, 2.05) is 13.0 Å². The van der Waals surface area contributed by atoms with Crippen LogP contribution in [-0.4, -0.2) is 10.2 Å². The minimum absolute atomic E-state index is 0.375. The first-order valence-electron chi connectivity index (χ1n) is 3.07. The molecule has 0 aliphatic heterocycles. The number of nitrogens with one attached hydrogen (secondary N) is 4. The minimum atomic E-state index is 0.375. The van der Waals surface area contributed by atoms with E-state index in [1.54, 1.807) is 0 Å². The van der Waals surface area contributed by atoms with Gasteiger partial charge in [-0.3, -0.25) is 5.43 Å². The molecule has 1 aromatic rings. The molecule has 0 amide bonds. The Hall–Kier alpha value is -1.14. The largest absolute Gasteiger partial charge is 0.299 e. The molecule has 0 unspecified atom stereocenters. The van der Waals surface area contributed by atoms with Crippen LogP contribution in [-0.2, 0) is 0 Å². The van der Waals surface area contributed by atoms with Gasteiger partial charge in [0.1, 0.15) is 0 Å². The fourth-order valence-corrected chi connectivity index (χ4v) is 0.790. The molecule has 11 heavy (non-hydrogen) atoms. The number of aromatic nitrogens is 2. The molecule has 0 aliphatic carbocycles. The van der Waals surface area contributed by atoms with Crippen LogP contribution in [0.15, 0.2) is 6.07 Å². The van der Waals surface area contributed by atoms with E-state index in [4.69, 9.17) is 18.1 Å². The van der Waals surface area contributed by atoms with Gasteiger partial charge in [0.25, 0.3) is 10.9 Å². The Morgan fingerprint density at radius 3 is 3.00 bits per heavy atom. The maximum atomic E-state index is 5.05. The summed E-state index contributed by atoms with van der Waals surface area (Å²) in [4.78, 5) is 0. The number of thiocarbonyl (C=S) groups is 1. The van der Waals surface area contributed by atoms with Crippen molar-refractivity contribution in [1.82, 2.24) is 10.5 Å². The SMILES string of the molecule is Cc1cc(NC(=S)NN)[nH+][nH]1. The lowest BCUT2D eigenvalue weighted by Gasteiger charge is -1.93. The van der Waals surface area contributed by atoms with E-state index >= 15 is 0 Å². The molecule has 5 nitrogen and oxygen atoms in total. The predicted octanol–water partition coefficient (Wildman–Crippen LogP) is -0.703. The van der Waals surface area contributed by atoms with E-state index in [0.29, 0.717) is 5.11 Å². The maximum absolute atomic E-state index is 5.05. The molecule has 6 heteroatoms. The fourth-order valence-electron chi connectivity index (χ4n) is 0.680. The number of H-pyrrole nitrogens is 2. The Labute approximate surface area is 69.3 Å². The van der Waals surface area contributed by atoms with Gasteiger partial charge in [-0.2, -0.15) is 5.10 Å². The van der Waals surface area contributed by atoms with Gasteiger partial charge in [-0.1, -0.05) is 0 Å². The summed E-state index contributed by atoms with van der Waals surface area (Å²) in [7, 11) is 0. The van der Waals surface area contributed by atoms with Gasteiger partial charge < -0.3 is 0 Å². The minimum Gasteiger partial charge on any atom is -0.281 e. The number of hydrogen-bond acceptors (Lipinski definition) is 2. The summed E-state index contributed by atoms with van der Waals surface area (Å²) in [6.45, 7) is 1.93. The van der Waals surface area contributed by atoms with Crippen LogP contribution in [0.25, 0.3) is 0 Å². The van der Waals surface area contributed by atoms with Crippen LogP contribution in [0.4, 0.5) is 5.82 Å². The molecule has 6 N–H and O–H groups in total. The Morgan fingerprint density at radius 1 is 1.82 bits per heavy atom. The Bertz CT molecular complexity index is 255. The molecule has 0 fully saturated rings. The van der Waals surface area contributed by atoms with Crippen molar-refractivity contribution in [1.29, 1.82) is 0 Å². The second-order valence-electron chi connectivity index (χ2n) is 2.09. The molecular formula is C5H10N5S+. The van der Waals surface area contributed by atoms with Gasteiger partial charge in [0.2, 0.25) is 0 Å². The average Bonchev–Trinajstić information content (AvgIpc) is 2.35. The van der Waals surface area contributed by atoms with Crippen molar-refractivity contribution in [2.45, 2.75) is 6.92 Å². The molecule has 0 aliphatic rings. The number of aryl methyl sites for hydroxylation is 1. The van der Waals surface area contributed by atoms with Crippen molar-refractivity contribution in [2.75, 3.05) is 5.32 Å². The van der Waals surface area contributed by atoms with Gasteiger partial charge in [-0.15, -0.1) is 0 Å². The van der Waals surface area contributed by atoms with Crippen molar-refractivity contribution < 1.29 is 5.10 Å². The lowest BCUT2D eigenvalue weighted by atomic mass is 10.5. The maximum Gasteiger partial charge on any atom is 0.299 e. The number of rotatable bonds is 1. The average molecular weight is 172 g/mol. The third-order valence-corrected chi connectivity index (χ3v) is 1.35. The summed E-state index contributed by atoms with van der Waals surface area (Å²) < 4.78 is 0. The number of aromatic amines is 2. The third kappa shape index (κ3) is 2.17. The van der Waals surface area contributed by atoms with Gasteiger partial charge in [0.15, 0.2) is 0 Å². The molecular weight excluding hydrogens is 162 g/mol. The standard InChI is InChI=1S/C5H9N5S/c1-3-2-4(10-9-3)7-5(11)8-6/h2H,6H2,1H3,(H3,7,8,9,10,11)/p+1. The van der Waals surface area contributed by atoms with Gasteiger partial charge in [0.05, 0.1) is 11.8 Å². The van der Waals surface area contributed by atoms with Gasteiger partial charge in [-0.05, 0) is 19.1 Å². The normalized spacial score (nSPS) is 9.27. The van der Waals surface area contributed by atoms with E-state index in [2.05, 4.69) is 20.9 Å². The zero-order chi connectivity index (χ0) is 8.27. The molecule has 0 radical (unpaired) electrons. The van der Waals surface area contributed by atoms with Crippen LogP contribution in [0, 0.1) is 6.92 Å². The monoisotopic (exact) mass is 172 g/mol. The quantitative estimate of drug-likeness (QED) is 0.256. The first-order valence-corrected chi connectivity index (χ1v) is 3.48.